The highest BCUT2D eigenvalue weighted by Gasteiger charge is 2.08. The van der Waals surface area contributed by atoms with Gasteiger partial charge in [0.25, 0.3) is 0 Å². The fourth-order valence-electron chi connectivity index (χ4n) is 1.88. The van der Waals surface area contributed by atoms with E-state index in [1.54, 1.807) is 0 Å². The second-order valence-electron chi connectivity index (χ2n) is 4.77. The molecular formula is C16H15ClFNO. The minimum absolute atomic E-state index is 0.142. The van der Waals surface area contributed by atoms with Gasteiger partial charge in [0.15, 0.2) is 0 Å². The lowest BCUT2D eigenvalue weighted by molar-refractivity contribution is -0.115. The molecule has 2 nitrogen and oxygen atoms in total. The maximum Gasteiger partial charge on any atom is 0.228 e. The number of hydrogen-bond acceptors (Lipinski definition) is 1. The first kappa shape index (κ1) is 14.5. The van der Waals surface area contributed by atoms with Crippen LogP contribution in [-0.2, 0) is 11.2 Å². The summed E-state index contributed by atoms with van der Waals surface area (Å²) < 4.78 is 13.6. The maximum atomic E-state index is 13.6. The highest BCUT2D eigenvalue weighted by molar-refractivity contribution is 6.30. The predicted octanol–water partition coefficient (Wildman–Crippen LogP) is 4.28. The number of anilines is 1. The molecule has 0 bridgehead atoms. The minimum atomic E-state index is -0.536. The molecule has 1 amide bonds. The van der Waals surface area contributed by atoms with Gasteiger partial charge in [-0.15, -0.1) is 0 Å². The van der Waals surface area contributed by atoms with Crippen LogP contribution in [0.4, 0.5) is 10.1 Å². The third-order valence-electron chi connectivity index (χ3n) is 3.14. The van der Waals surface area contributed by atoms with Gasteiger partial charge in [-0.2, -0.15) is 0 Å². The van der Waals surface area contributed by atoms with E-state index in [4.69, 9.17) is 11.6 Å². The molecule has 104 valence electrons. The van der Waals surface area contributed by atoms with Crippen LogP contribution in [-0.4, -0.2) is 5.91 Å². The van der Waals surface area contributed by atoms with Gasteiger partial charge in [0.2, 0.25) is 5.91 Å². The van der Waals surface area contributed by atoms with Crippen LogP contribution in [0, 0.1) is 19.7 Å². The van der Waals surface area contributed by atoms with Crippen molar-refractivity contribution in [2.24, 2.45) is 0 Å². The van der Waals surface area contributed by atoms with Crippen molar-refractivity contribution in [2.75, 3.05) is 5.32 Å². The molecule has 0 aliphatic heterocycles. The number of amides is 1. The number of aryl methyl sites for hydroxylation is 2. The topological polar surface area (TPSA) is 29.1 Å². The number of hydrogen-bond donors (Lipinski definition) is 1. The van der Waals surface area contributed by atoms with Crippen molar-refractivity contribution in [3.8, 4) is 0 Å². The summed E-state index contributed by atoms with van der Waals surface area (Å²) in [7, 11) is 0. The molecule has 0 aromatic heterocycles. The van der Waals surface area contributed by atoms with Crippen LogP contribution in [0.15, 0.2) is 36.4 Å². The number of rotatable bonds is 3. The van der Waals surface area contributed by atoms with Crippen molar-refractivity contribution in [3.05, 3.63) is 63.9 Å². The molecule has 0 saturated carbocycles. The van der Waals surface area contributed by atoms with E-state index in [2.05, 4.69) is 5.32 Å². The summed E-state index contributed by atoms with van der Waals surface area (Å²) in [5, 5.41) is 2.85. The second-order valence-corrected chi connectivity index (χ2v) is 5.20. The lowest BCUT2D eigenvalue weighted by atomic mass is 10.0. The van der Waals surface area contributed by atoms with Gasteiger partial charge in [-0.3, -0.25) is 4.79 Å². The molecule has 2 rings (SSSR count). The molecule has 0 saturated heterocycles. The Bertz CT molecular complexity index is 655. The third kappa shape index (κ3) is 3.58. The summed E-state index contributed by atoms with van der Waals surface area (Å²) in [6, 6.07) is 10.0. The van der Waals surface area contributed by atoms with E-state index < -0.39 is 5.82 Å². The van der Waals surface area contributed by atoms with Gasteiger partial charge in [0.1, 0.15) is 5.82 Å². The first-order valence-electron chi connectivity index (χ1n) is 6.27. The average Bonchev–Trinajstić information content (AvgIpc) is 2.37. The van der Waals surface area contributed by atoms with Gasteiger partial charge in [-0.25, -0.2) is 4.39 Å². The van der Waals surface area contributed by atoms with Crippen LogP contribution in [0.3, 0.4) is 0 Å². The third-order valence-corrected chi connectivity index (χ3v) is 3.38. The summed E-state index contributed by atoms with van der Waals surface area (Å²) >= 11 is 5.66. The van der Waals surface area contributed by atoms with Crippen molar-refractivity contribution in [2.45, 2.75) is 20.3 Å². The van der Waals surface area contributed by atoms with Crippen LogP contribution in [0.25, 0.3) is 0 Å². The lowest BCUT2D eigenvalue weighted by Gasteiger charge is -2.08. The van der Waals surface area contributed by atoms with Gasteiger partial charge in [-0.1, -0.05) is 29.8 Å². The van der Waals surface area contributed by atoms with E-state index >= 15 is 0 Å². The van der Waals surface area contributed by atoms with E-state index in [9.17, 15) is 9.18 Å². The number of halogens is 2. The summed E-state index contributed by atoms with van der Waals surface area (Å²) in [5.41, 5.74) is 3.36. The largest absolute Gasteiger partial charge is 0.323 e. The predicted molar refractivity (Wildman–Crippen MR) is 79.7 cm³/mol. The van der Waals surface area contributed by atoms with Gasteiger partial charge < -0.3 is 5.32 Å². The van der Waals surface area contributed by atoms with Crippen molar-refractivity contribution in [1.29, 1.82) is 0 Å². The Kier molecular flexibility index (Phi) is 4.40. The Balaban J connectivity index is 2.07. The van der Waals surface area contributed by atoms with Crippen LogP contribution < -0.4 is 5.32 Å². The van der Waals surface area contributed by atoms with Crippen molar-refractivity contribution >= 4 is 23.2 Å². The fraction of sp³-hybridized carbons (Fsp3) is 0.188. The zero-order chi connectivity index (χ0) is 14.7. The van der Waals surface area contributed by atoms with Crippen LogP contribution in [0.1, 0.15) is 16.7 Å². The lowest BCUT2D eigenvalue weighted by Crippen LogP contribution is -2.15. The smallest absolute Gasteiger partial charge is 0.228 e. The number of benzene rings is 2. The molecule has 0 heterocycles. The standard InChI is InChI=1S/C16H15ClFNO/c1-10-3-4-12(7-11(10)2)8-16(20)19-15-6-5-13(17)9-14(15)18/h3-7,9H,8H2,1-2H3,(H,19,20). The highest BCUT2D eigenvalue weighted by atomic mass is 35.5. The molecule has 0 unspecified atom stereocenters. The number of carbonyl (C=O) groups is 1. The molecule has 0 spiro atoms. The SMILES string of the molecule is Cc1ccc(CC(=O)Nc2ccc(Cl)cc2F)cc1C. The Labute approximate surface area is 122 Å². The Morgan fingerprint density at radius 1 is 1.15 bits per heavy atom. The number of nitrogens with one attached hydrogen (secondary N) is 1. The van der Waals surface area contributed by atoms with E-state index in [1.807, 2.05) is 32.0 Å². The summed E-state index contributed by atoms with van der Waals surface area (Å²) in [6.07, 6.45) is 0.211. The minimum Gasteiger partial charge on any atom is -0.323 e. The van der Waals surface area contributed by atoms with E-state index in [0.29, 0.717) is 5.02 Å². The molecule has 2 aromatic rings. The molecule has 1 N–H and O–H groups in total. The summed E-state index contributed by atoms with van der Waals surface area (Å²) in [5.74, 6) is -0.791. The molecule has 0 atom stereocenters. The molecule has 0 aliphatic rings. The molecule has 0 fully saturated rings. The normalized spacial score (nSPS) is 10.4. The average molecular weight is 292 g/mol. The van der Waals surface area contributed by atoms with Gasteiger partial charge in [0, 0.05) is 5.02 Å². The summed E-state index contributed by atoms with van der Waals surface area (Å²) in [6.45, 7) is 4.01. The Hall–Kier alpha value is -1.87. The molecular weight excluding hydrogens is 277 g/mol. The highest BCUT2D eigenvalue weighted by Crippen LogP contribution is 2.19. The zero-order valence-corrected chi connectivity index (χ0v) is 12.1. The van der Waals surface area contributed by atoms with Gasteiger partial charge in [-0.05, 0) is 48.7 Å². The zero-order valence-electron chi connectivity index (χ0n) is 11.3. The quantitative estimate of drug-likeness (QED) is 0.898. The second kappa shape index (κ2) is 6.06. The van der Waals surface area contributed by atoms with Crippen LogP contribution in [0.5, 0.6) is 0 Å². The fourth-order valence-corrected chi connectivity index (χ4v) is 2.04. The van der Waals surface area contributed by atoms with E-state index in [-0.39, 0.29) is 18.0 Å². The van der Waals surface area contributed by atoms with Crippen LogP contribution in [0.2, 0.25) is 5.02 Å². The molecule has 0 radical (unpaired) electrons. The maximum absolute atomic E-state index is 13.6. The molecule has 0 aliphatic carbocycles. The van der Waals surface area contributed by atoms with Crippen molar-refractivity contribution in [3.63, 3.8) is 0 Å². The van der Waals surface area contributed by atoms with Gasteiger partial charge in [0.05, 0.1) is 12.1 Å². The molecule has 20 heavy (non-hydrogen) atoms. The molecule has 2 aromatic carbocycles. The Morgan fingerprint density at radius 2 is 1.90 bits per heavy atom. The van der Waals surface area contributed by atoms with E-state index in [0.717, 1.165) is 11.1 Å². The van der Waals surface area contributed by atoms with Crippen LogP contribution >= 0.6 is 11.6 Å². The Morgan fingerprint density at radius 3 is 2.55 bits per heavy atom. The first-order chi connectivity index (χ1) is 9.45. The summed E-state index contributed by atoms with van der Waals surface area (Å²) in [4.78, 5) is 11.9. The monoisotopic (exact) mass is 291 g/mol. The van der Waals surface area contributed by atoms with Crippen molar-refractivity contribution < 1.29 is 9.18 Å². The van der Waals surface area contributed by atoms with Crippen molar-refractivity contribution in [1.82, 2.24) is 0 Å². The molecule has 4 heteroatoms. The first-order valence-corrected chi connectivity index (χ1v) is 6.64. The number of carbonyl (C=O) groups excluding carboxylic acids is 1. The van der Waals surface area contributed by atoms with E-state index in [1.165, 1.54) is 23.8 Å². The van der Waals surface area contributed by atoms with Gasteiger partial charge >= 0.3 is 0 Å².